The van der Waals surface area contributed by atoms with Gasteiger partial charge in [0.1, 0.15) is 11.6 Å². The van der Waals surface area contributed by atoms with Crippen LogP contribution >= 0.6 is 11.3 Å². The van der Waals surface area contributed by atoms with Crippen molar-refractivity contribution in [3.8, 4) is 0 Å². The van der Waals surface area contributed by atoms with Gasteiger partial charge >= 0.3 is 6.43 Å². The molecule has 2 aliphatic heterocycles. The van der Waals surface area contributed by atoms with Crippen molar-refractivity contribution in [2.45, 2.75) is 56.8 Å². The molecule has 3 aromatic rings. The fourth-order valence-electron chi connectivity index (χ4n) is 4.76. The van der Waals surface area contributed by atoms with Crippen LogP contribution in [0.2, 0.25) is 0 Å². The third-order valence-corrected chi connectivity index (χ3v) is 6.96. The number of fused-ring (bicyclic) bond motifs is 3. The Hall–Kier alpha value is -2.92. The van der Waals surface area contributed by atoms with Gasteiger partial charge < -0.3 is 20.6 Å². The van der Waals surface area contributed by atoms with Gasteiger partial charge in [-0.25, -0.2) is 9.97 Å². The van der Waals surface area contributed by atoms with E-state index in [1.54, 1.807) is 12.4 Å². The number of carbonyl (C=O) groups excluding carboxylic acids is 1. The number of aliphatic hydroxyl groups is 1. The number of anilines is 3. The predicted octanol–water partition coefficient (Wildman–Crippen LogP) is 3.52. The molecule has 1 amide bonds. The number of alkyl halides is 2. The lowest BCUT2D eigenvalue weighted by Crippen LogP contribution is -2.51. The maximum absolute atomic E-state index is 13.0. The third-order valence-electron chi connectivity index (χ3n) is 6.06. The van der Waals surface area contributed by atoms with Crippen LogP contribution in [-0.4, -0.2) is 55.4 Å². The summed E-state index contributed by atoms with van der Waals surface area (Å²) in [5.74, 6) is 0.154. The number of carbonyl (C=O) groups is 1. The fraction of sp³-hybridized carbons (Fsp3) is 0.429. The summed E-state index contributed by atoms with van der Waals surface area (Å²) < 4.78 is 26.0. The average molecular weight is 461 g/mol. The summed E-state index contributed by atoms with van der Waals surface area (Å²) in [4.78, 5) is 27.5. The molecule has 5 rings (SSSR count). The standard InChI is InChI=1S/C21H22F2N6O2S/c22-18(23)20(31)29-12-3-4-13(29)7-11(6-12)26-19-15-2-1-5-24-16(15)8-17(27-19)28-21-25-9-14(10-30)32-21/h1-2,5,8-9,11-13,18,30H,3-4,6-7,10H2,(H2,25,26,27,28). The molecule has 0 saturated carbocycles. The molecule has 168 valence electrons. The molecule has 2 fully saturated rings. The maximum atomic E-state index is 13.0. The van der Waals surface area contributed by atoms with E-state index in [4.69, 9.17) is 4.98 Å². The number of hydrogen-bond acceptors (Lipinski definition) is 8. The Kier molecular flexibility index (Phi) is 5.60. The van der Waals surface area contributed by atoms with Crippen molar-refractivity contribution in [2.24, 2.45) is 0 Å². The van der Waals surface area contributed by atoms with Crippen LogP contribution in [0, 0.1) is 0 Å². The SMILES string of the molecule is O=C(C(F)F)N1C2CCC1CC(Nc1nc(Nc3ncc(CO)s3)cc3ncccc13)C2. The summed E-state index contributed by atoms with van der Waals surface area (Å²) in [5.41, 5.74) is 0.750. The minimum absolute atomic E-state index is 0.0150. The van der Waals surface area contributed by atoms with Crippen LogP contribution in [-0.2, 0) is 11.4 Å². The first-order valence-corrected chi connectivity index (χ1v) is 11.3. The Morgan fingerprint density at radius 1 is 1.28 bits per heavy atom. The van der Waals surface area contributed by atoms with Gasteiger partial charge in [0.15, 0.2) is 5.13 Å². The van der Waals surface area contributed by atoms with Gasteiger partial charge in [-0.2, -0.15) is 8.78 Å². The van der Waals surface area contributed by atoms with E-state index in [1.807, 2.05) is 18.2 Å². The van der Waals surface area contributed by atoms with Crippen molar-refractivity contribution in [3.63, 3.8) is 0 Å². The maximum Gasteiger partial charge on any atom is 0.315 e. The molecule has 2 aliphatic rings. The first-order chi connectivity index (χ1) is 15.5. The van der Waals surface area contributed by atoms with E-state index in [1.165, 1.54) is 16.2 Å². The summed E-state index contributed by atoms with van der Waals surface area (Å²) in [6, 6.07) is 5.26. The normalized spacial score (nSPS) is 22.5. The summed E-state index contributed by atoms with van der Waals surface area (Å²) in [5, 5.41) is 17.4. The number of aliphatic hydroxyl groups excluding tert-OH is 1. The van der Waals surface area contributed by atoms with Crippen molar-refractivity contribution in [2.75, 3.05) is 10.6 Å². The largest absolute Gasteiger partial charge is 0.391 e. The number of hydrogen-bond donors (Lipinski definition) is 3. The van der Waals surface area contributed by atoms with Gasteiger partial charge in [0, 0.05) is 42.0 Å². The van der Waals surface area contributed by atoms with E-state index in [-0.39, 0.29) is 24.7 Å². The number of aromatic nitrogens is 3. The number of halogens is 2. The molecule has 0 spiro atoms. The summed E-state index contributed by atoms with van der Waals surface area (Å²) in [6.45, 7) is -0.0754. The van der Waals surface area contributed by atoms with Crippen LogP contribution in [0.15, 0.2) is 30.6 Å². The highest BCUT2D eigenvalue weighted by Gasteiger charge is 2.45. The number of nitrogens with one attached hydrogen (secondary N) is 2. The molecule has 2 saturated heterocycles. The number of amides is 1. The molecule has 0 aromatic carbocycles. The molecule has 2 atom stereocenters. The molecule has 5 heterocycles. The molecule has 32 heavy (non-hydrogen) atoms. The quantitative estimate of drug-likeness (QED) is 0.517. The molecule has 0 radical (unpaired) electrons. The van der Waals surface area contributed by atoms with E-state index in [0.29, 0.717) is 29.6 Å². The Bertz CT molecular complexity index is 1130. The number of pyridine rings is 2. The van der Waals surface area contributed by atoms with Gasteiger partial charge in [0.05, 0.1) is 17.0 Å². The molecule has 0 aliphatic carbocycles. The molecule has 11 heteroatoms. The van der Waals surface area contributed by atoms with Crippen LogP contribution in [0.25, 0.3) is 10.9 Å². The second-order valence-electron chi connectivity index (χ2n) is 8.08. The third kappa shape index (κ3) is 3.97. The molecule has 8 nitrogen and oxygen atoms in total. The zero-order valence-corrected chi connectivity index (χ0v) is 17.9. The van der Waals surface area contributed by atoms with E-state index in [9.17, 15) is 18.7 Å². The minimum Gasteiger partial charge on any atom is -0.391 e. The van der Waals surface area contributed by atoms with Gasteiger partial charge in [-0.3, -0.25) is 9.78 Å². The zero-order valence-electron chi connectivity index (χ0n) is 17.0. The molecule has 2 bridgehead atoms. The van der Waals surface area contributed by atoms with Crippen molar-refractivity contribution in [1.29, 1.82) is 0 Å². The van der Waals surface area contributed by atoms with Crippen LogP contribution in [0.5, 0.6) is 0 Å². The topological polar surface area (TPSA) is 103 Å². The highest BCUT2D eigenvalue weighted by Crippen LogP contribution is 2.38. The summed E-state index contributed by atoms with van der Waals surface area (Å²) in [6.07, 6.45) is 3.04. The van der Waals surface area contributed by atoms with Gasteiger partial charge in [-0.15, -0.1) is 0 Å². The lowest BCUT2D eigenvalue weighted by atomic mass is 9.97. The Labute approximate surface area is 186 Å². The smallest absolute Gasteiger partial charge is 0.315 e. The van der Waals surface area contributed by atoms with Crippen LogP contribution in [0.1, 0.15) is 30.6 Å². The van der Waals surface area contributed by atoms with Crippen molar-refractivity contribution in [3.05, 3.63) is 35.5 Å². The highest BCUT2D eigenvalue weighted by molar-refractivity contribution is 7.15. The van der Waals surface area contributed by atoms with Crippen molar-refractivity contribution >= 4 is 44.9 Å². The minimum atomic E-state index is -2.96. The predicted molar refractivity (Wildman–Crippen MR) is 117 cm³/mol. The van der Waals surface area contributed by atoms with Crippen LogP contribution < -0.4 is 10.6 Å². The molecular formula is C21H22F2N6O2S. The van der Waals surface area contributed by atoms with Gasteiger partial charge in [0.25, 0.3) is 5.91 Å². The Morgan fingerprint density at radius 2 is 2.06 bits per heavy atom. The first kappa shape index (κ1) is 21.0. The van der Waals surface area contributed by atoms with E-state index >= 15 is 0 Å². The summed E-state index contributed by atoms with van der Waals surface area (Å²) in [7, 11) is 0. The molecule has 3 aromatic heterocycles. The Balaban J connectivity index is 1.39. The second-order valence-corrected chi connectivity index (χ2v) is 9.20. The van der Waals surface area contributed by atoms with Crippen molar-refractivity contribution in [1.82, 2.24) is 19.9 Å². The summed E-state index contributed by atoms with van der Waals surface area (Å²) >= 11 is 1.34. The average Bonchev–Trinajstić information content (AvgIpc) is 3.34. The van der Waals surface area contributed by atoms with E-state index < -0.39 is 12.3 Å². The highest BCUT2D eigenvalue weighted by atomic mass is 32.1. The van der Waals surface area contributed by atoms with Crippen molar-refractivity contribution < 1.29 is 18.7 Å². The Morgan fingerprint density at radius 3 is 2.75 bits per heavy atom. The number of thiazole rings is 1. The molecule has 3 N–H and O–H groups in total. The van der Waals surface area contributed by atoms with Gasteiger partial charge in [-0.1, -0.05) is 11.3 Å². The number of nitrogens with zero attached hydrogens (tertiary/aromatic N) is 4. The number of rotatable bonds is 6. The lowest BCUT2D eigenvalue weighted by Gasteiger charge is -2.39. The first-order valence-electron chi connectivity index (χ1n) is 10.5. The monoisotopic (exact) mass is 460 g/mol. The number of piperidine rings is 1. The fourth-order valence-corrected chi connectivity index (χ4v) is 5.44. The molecular weight excluding hydrogens is 438 g/mol. The van der Waals surface area contributed by atoms with E-state index in [0.717, 1.165) is 28.6 Å². The zero-order chi connectivity index (χ0) is 22.2. The lowest BCUT2D eigenvalue weighted by molar-refractivity contribution is -0.147. The second kappa shape index (κ2) is 8.55. The van der Waals surface area contributed by atoms with Gasteiger partial charge in [-0.05, 0) is 37.8 Å². The van der Waals surface area contributed by atoms with Crippen LogP contribution in [0.4, 0.5) is 25.5 Å². The van der Waals surface area contributed by atoms with Gasteiger partial charge in [0.2, 0.25) is 0 Å². The molecule has 2 unspecified atom stereocenters. The van der Waals surface area contributed by atoms with Crippen LogP contribution in [0.3, 0.4) is 0 Å². The van der Waals surface area contributed by atoms with E-state index in [2.05, 4.69) is 20.6 Å².